The largest absolute Gasteiger partial charge is 0.331 e. The zero-order valence-corrected chi connectivity index (χ0v) is 8.51. The van der Waals surface area contributed by atoms with E-state index in [4.69, 9.17) is 5.84 Å². The van der Waals surface area contributed by atoms with Crippen molar-refractivity contribution in [2.75, 3.05) is 7.05 Å². The number of hydrogen-bond acceptors (Lipinski definition) is 2. The smallest absolute Gasteiger partial charge is 0.324 e. The molecule has 0 aromatic carbocycles. The number of hydrogen-bond donors (Lipinski definition) is 2. The summed E-state index contributed by atoms with van der Waals surface area (Å²) in [6.45, 7) is 8.24. The molecular weight excluding hydrogens is 154 g/mol. The van der Waals surface area contributed by atoms with Gasteiger partial charge in [-0.25, -0.2) is 10.6 Å². The van der Waals surface area contributed by atoms with Gasteiger partial charge in [0.2, 0.25) is 0 Å². The third-order valence-electron chi connectivity index (χ3n) is 2.28. The predicted octanol–water partition coefficient (Wildman–Crippen LogP) is 0.936. The normalized spacial score (nSPS) is 13.8. The number of urea groups is 1. The summed E-state index contributed by atoms with van der Waals surface area (Å²) < 4.78 is 0. The molecule has 4 heteroatoms. The van der Waals surface area contributed by atoms with E-state index in [0.29, 0.717) is 0 Å². The molecule has 72 valence electrons. The number of nitrogens with two attached hydrogens (primary N) is 1. The number of nitrogens with one attached hydrogen (secondary N) is 1. The van der Waals surface area contributed by atoms with E-state index in [1.165, 1.54) is 0 Å². The van der Waals surface area contributed by atoms with Crippen molar-refractivity contribution >= 4 is 6.03 Å². The van der Waals surface area contributed by atoms with Crippen molar-refractivity contribution in [3.8, 4) is 0 Å². The molecule has 0 saturated heterocycles. The summed E-state index contributed by atoms with van der Waals surface area (Å²) in [5, 5.41) is 0. The van der Waals surface area contributed by atoms with Crippen LogP contribution in [0.1, 0.15) is 27.7 Å². The van der Waals surface area contributed by atoms with Crippen molar-refractivity contribution < 1.29 is 4.79 Å². The lowest BCUT2D eigenvalue weighted by Crippen LogP contribution is -2.49. The van der Waals surface area contributed by atoms with E-state index in [1.807, 2.05) is 6.92 Å². The van der Waals surface area contributed by atoms with Gasteiger partial charge in [0.15, 0.2) is 0 Å². The summed E-state index contributed by atoms with van der Waals surface area (Å²) in [4.78, 5) is 12.7. The van der Waals surface area contributed by atoms with Gasteiger partial charge in [-0.3, -0.25) is 5.43 Å². The van der Waals surface area contributed by atoms with Crippen LogP contribution in [0.25, 0.3) is 0 Å². The second-order valence-electron chi connectivity index (χ2n) is 4.10. The molecule has 0 aromatic rings. The van der Waals surface area contributed by atoms with Gasteiger partial charge in [0.25, 0.3) is 0 Å². The van der Waals surface area contributed by atoms with E-state index in [0.717, 1.165) is 0 Å². The van der Waals surface area contributed by atoms with Crippen LogP contribution in [-0.4, -0.2) is 24.0 Å². The topological polar surface area (TPSA) is 58.4 Å². The van der Waals surface area contributed by atoms with Crippen LogP contribution in [-0.2, 0) is 0 Å². The van der Waals surface area contributed by atoms with Gasteiger partial charge in [0.1, 0.15) is 0 Å². The van der Waals surface area contributed by atoms with Crippen molar-refractivity contribution in [3.63, 3.8) is 0 Å². The molecule has 0 rings (SSSR count). The minimum atomic E-state index is -0.252. The third-order valence-corrected chi connectivity index (χ3v) is 2.28. The van der Waals surface area contributed by atoms with Gasteiger partial charge in [-0.1, -0.05) is 20.8 Å². The molecule has 1 atom stereocenters. The van der Waals surface area contributed by atoms with E-state index in [-0.39, 0.29) is 17.5 Å². The quantitative estimate of drug-likeness (QED) is 0.352. The fourth-order valence-electron chi connectivity index (χ4n) is 0.859. The number of rotatable bonds is 1. The van der Waals surface area contributed by atoms with Gasteiger partial charge >= 0.3 is 6.03 Å². The Morgan fingerprint density at radius 1 is 1.50 bits per heavy atom. The molecule has 1 unspecified atom stereocenters. The average molecular weight is 173 g/mol. The number of carbonyl (C=O) groups is 1. The van der Waals surface area contributed by atoms with Crippen LogP contribution in [0.15, 0.2) is 0 Å². The van der Waals surface area contributed by atoms with Crippen molar-refractivity contribution in [1.29, 1.82) is 0 Å². The second-order valence-corrected chi connectivity index (χ2v) is 4.10. The highest BCUT2D eigenvalue weighted by atomic mass is 16.2. The predicted molar refractivity (Wildman–Crippen MR) is 49.4 cm³/mol. The lowest BCUT2D eigenvalue weighted by molar-refractivity contribution is 0.146. The third kappa shape index (κ3) is 2.70. The Hall–Kier alpha value is -0.770. The van der Waals surface area contributed by atoms with Crippen LogP contribution in [0, 0.1) is 5.41 Å². The molecule has 12 heavy (non-hydrogen) atoms. The SMILES string of the molecule is CC(N(C)C(=O)NN)C(C)(C)C. The maximum absolute atomic E-state index is 11.1. The van der Waals surface area contributed by atoms with E-state index < -0.39 is 0 Å². The van der Waals surface area contributed by atoms with Crippen molar-refractivity contribution in [3.05, 3.63) is 0 Å². The van der Waals surface area contributed by atoms with Gasteiger partial charge in [-0.2, -0.15) is 0 Å². The molecule has 0 aromatic heterocycles. The molecule has 0 saturated carbocycles. The average Bonchev–Trinajstić information content (AvgIpc) is 1.98. The van der Waals surface area contributed by atoms with Crippen LogP contribution >= 0.6 is 0 Å². The van der Waals surface area contributed by atoms with E-state index in [2.05, 4.69) is 26.2 Å². The van der Waals surface area contributed by atoms with Crippen molar-refractivity contribution in [2.45, 2.75) is 33.7 Å². The molecule has 0 aliphatic carbocycles. The van der Waals surface area contributed by atoms with Crippen LogP contribution in [0.4, 0.5) is 4.79 Å². The highest BCUT2D eigenvalue weighted by Crippen LogP contribution is 2.22. The Labute approximate surface area is 74.1 Å². The first kappa shape index (κ1) is 11.2. The Morgan fingerprint density at radius 2 is 1.92 bits per heavy atom. The van der Waals surface area contributed by atoms with E-state index in [9.17, 15) is 4.79 Å². The molecule has 0 aliphatic heterocycles. The number of hydrazine groups is 1. The van der Waals surface area contributed by atoms with Gasteiger partial charge < -0.3 is 4.90 Å². The molecule has 3 N–H and O–H groups in total. The summed E-state index contributed by atoms with van der Waals surface area (Å²) in [6, 6.07) is -0.0986. The number of amides is 2. The highest BCUT2D eigenvalue weighted by molar-refractivity contribution is 5.73. The number of carbonyl (C=O) groups excluding carboxylic acids is 1. The van der Waals surface area contributed by atoms with Crippen molar-refractivity contribution in [2.24, 2.45) is 11.3 Å². The van der Waals surface area contributed by atoms with Crippen LogP contribution in [0.5, 0.6) is 0 Å². The molecule has 4 nitrogen and oxygen atoms in total. The second kappa shape index (κ2) is 3.76. The molecule has 0 fully saturated rings. The van der Waals surface area contributed by atoms with E-state index >= 15 is 0 Å². The highest BCUT2D eigenvalue weighted by Gasteiger charge is 2.26. The maximum atomic E-state index is 11.1. The molecular formula is C8H19N3O. The first-order valence-corrected chi connectivity index (χ1v) is 4.04. The van der Waals surface area contributed by atoms with Gasteiger partial charge in [-0.15, -0.1) is 0 Å². The fourth-order valence-corrected chi connectivity index (χ4v) is 0.859. The van der Waals surface area contributed by atoms with Crippen LogP contribution in [0.3, 0.4) is 0 Å². The lowest BCUT2D eigenvalue weighted by Gasteiger charge is -2.34. The summed E-state index contributed by atoms with van der Waals surface area (Å²) in [7, 11) is 1.73. The van der Waals surface area contributed by atoms with Crippen LogP contribution < -0.4 is 11.3 Å². The first-order chi connectivity index (χ1) is 5.30. The summed E-state index contributed by atoms with van der Waals surface area (Å²) >= 11 is 0. The van der Waals surface area contributed by atoms with E-state index in [1.54, 1.807) is 11.9 Å². The summed E-state index contributed by atoms with van der Waals surface area (Å²) in [6.07, 6.45) is 0. The standard InChI is InChI=1S/C8H19N3O/c1-6(8(2,3)4)11(5)7(12)10-9/h6H,9H2,1-5H3,(H,10,12). The fraction of sp³-hybridized carbons (Fsp3) is 0.875. The minimum absolute atomic E-state index is 0.0707. The first-order valence-electron chi connectivity index (χ1n) is 4.04. The van der Waals surface area contributed by atoms with Gasteiger partial charge in [0.05, 0.1) is 0 Å². The Balaban J connectivity index is 4.29. The summed E-state index contributed by atoms with van der Waals surface area (Å²) in [5.41, 5.74) is 2.18. The lowest BCUT2D eigenvalue weighted by atomic mass is 9.87. The molecule has 0 radical (unpaired) electrons. The molecule has 0 bridgehead atoms. The van der Waals surface area contributed by atoms with Gasteiger partial charge in [-0.05, 0) is 12.3 Å². The zero-order valence-electron chi connectivity index (χ0n) is 8.51. The Morgan fingerprint density at radius 3 is 2.17 bits per heavy atom. The maximum Gasteiger partial charge on any atom is 0.331 e. The van der Waals surface area contributed by atoms with Crippen LogP contribution in [0.2, 0.25) is 0 Å². The monoisotopic (exact) mass is 173 g/mol. The molecule has 0 heterocycles. The Bertz CT molecular complexity index is 162. The minimum Gasteiger partial charge on any atom is -0.324 e. The van der Waals surface area contributed by atoms with Crippen molar-refractivity contribution in [1.82, 2.24) is 10.3 Å². The Kier molecular flexibility index (Phi) is 3.52. The van der Waals surface area contributed by atoms with Gasteiger partial charge in [0, 0.05) is 13.1 Å². The molecule has 0 spiro atoms. The zero-order chi connectivity index (χ0) is 9.94. The number of nitrogens with zero attached hydrogens (tertiary/aromatic N) is 1. The molecule has 0 aliphatic rings. The summed E-state index contributed by atoms with van der Waals surface area (Å²) in [5.74, 6) is 5.01. The molecule has 2 amide bonds.